The average Bonchev–Trinajstić information content (AvgIpc) is 3.04. The Morgan fingerprint density at radius 3 is 2.95 bits per heavy atom. The maximum Gasteiger partial charge on any atom is 0.230 e. The number of anilines is 1. The van der Waals surface area contributed by atoms with Crippen LogP contribution in [-0.4, -0.2) is 28.6 Å². The van der Waals surface area contributed by atoms with E-state index in [2.05, 4.69) is 23.2 Å². The monoisotopic (exact) mass is 274 g/mol. The second kappa shape index (κ2) is 5.54. The molecule has 0 radical (unpaired) electrons. The highest BCUT2D eigenvalue weighted by atomic mass is 16.3. The van der Waals surface area contributed by atoms with E-state index in [1.54, 1.807) is 0 Å². The van der Waals surface area contributed by atoms with E-state index in [0.29, 0.717) is 0 Å². The van der Waals surface area contributed by atoms with Crippen molar-refractivity contribution in [1.29, 1.82) is 0 Å². The van der Waals surface area contributed by atoms with Gasteiger partial charge in [-0.05, 0) is 43.0 Å². The molecule has 4 nitrogen and oxygen atoms in total. The summed E-state index contributed by atoms with van der Waals surface area (Å²) >= 11 is 0. The van der Waals surface area contributed by atoms with E-state index >= 15 is 0 Å². The van der Waals surface area contributed by atoms with Gasteiger partial charge < -0.3 is 10.4 Å². The summed E-state index contributed by atoms with van der Waals surface area (Å²) in [5.74, 6) is -0.270. The second-order valence-electron chi connectivity index (χ2n) is 5.84. The van der Waals surface area contributed by atoms with Crippen molar-refractivity contribution in [3.63, 3.8) is 0 Å². The normalized spacial score (nSPS) is 25.7. The van der Waals surface area contributed by atoms with Crippen molar-refractivity contribution in [1.82, 2.24) is 4.90 Å². The largest absolute Gasteiger partial charge is 0.392 e. The second-order valence-corrected chi connectivity index (χ2v) is 5.84. The number of rotatable bonds is 3. The van der Waals surface area contributed by atoms with Crippen LogP contribution >= 0.6 is 0 Å². The molecule has 0 saturated heterocycles. The Hall–Kier alpha value is -1.39. The first-order valence-electron chi connectivity index (χ1n) is 7.51. The molecule has 1 heterocycles. The Bertz CT molecular complexity index is 515. The van der Waals surface area contributed by atoms with Gasteiger partial charge in [0.1, 0.15) is 0 Å². The predicted molar refractivity (Wildman–Crippen MR) is 78.2 cm³/mol. The van der Waals surface area contributed by atoms with Crippen LogP contribution in [0.2, 0.25) is 0 Å². The third kappa shape index (κ3) is 2.45. The molecule has 1 aliphatic carbocycles. The highest BCUT2D eigenvalue weighted by Crippen LogP contribution is 2.31. The summed E-state index contributed by atoms with van der Waals surface area (Å²) in [6, 6.07) is 6.10. The zero-order valence-electron chi connectivity index (χ0n) is 11.9. The van der Waals surface area contributed by atoms with Crippen molar-refractivity contribution in [2.24, 2.45) is 5.92 Å². The third-order valence-electron chi connectivity index (χ3n) is 4.57. The van der Waals surface area contributed by atoms with Crippen LogP contribution in [0.4, 0.5) is 5.69 Å². The van der Waals surface area contributed by atoms with Crippen LogP contribution in [0, 0.1) is 5.92 Å². The van der Waals surface area contributed by atoms with E-state index in [1.807, 2.05) is 12.1 Å². The van der Waals surface area contributed by atoms with E-state index in [-0.39, 0.29) is 11.8 Å². The van der Waals surface area contributed by atoms with Gasteiger partial charge in [0.2, 0.25) is 5.91 Å². The first kappa shape index (κ1) is 13.6. The minimum absolute atomic E-state index is 0.0293. The summed E-state index contributed by atoms with van der Waals surface area (Å²) < 4.78 is 0. The van der Waals surface area contributed by atoms with Crippen LogP contribution in [0.1, 0.15) is 37.3 Å². The Labute approximate surface area is 119 Å². The topological polar surface area (TPSA) is 52.6 Å². The number of fused-ring (bicyclic) bond motifs is 1. The smallest absolute Gasteiger partial charge is 0.230 e. The van der Waals surface area contributed by atoms with E-state index < -0.39 is 6.10 Å². The molecule has 2 unspecified atom stereocenters. The fourth-order valence-corrected chi connectivity index (χ4v) is 3.30. The number of aliphatic hydroxyl groups excluding tert-OH is 1. The first-order chi connectivity index (χ1) is 9.69. The minimum Gasteiger partial charge on any atom is -0.392 e. The van der Waals surface area contributed by atoms with Gasteiger partial charge in [0.15, 0.2) is 0 Å². The fourth-order valence-electron chi connectivity index (χ4n) is 3.30. The molecule has 2 atom stereocenters. The lowest BCUT2D eigenvalue weighted by Gasteiger charge is -2.16. The number of nitrogens with zero attached hydrogens (tertiary/aromatic N) is 1. The van der Waals surface area contributed by atoms with E-state index in [9.17, 15) is 9.90 Å². The third-order valence-corrected chi connectivity index (χ3v) is 4.57. The van der Waals surface area contributed by atoms with Gasteiger partial charge in [-0.25, -0.2) is 0 Å². The maximum absolute atomic E-state index is 12.3. The lowest BCUT2D eigenvalue weighted by Crippen LogP contribution is -2.29. The number of nitrogens with one attached hydrogen (secondary N) is 1. The number of carbonyl (C=O) groups excluding carboxylic acids is 1. The van der Waals surface area contributed by atoms with Gasteiger partial charge >= 0.3 is 0 Å². The van der Waals surface area contributed by atoms with Crippen LogP contribution in [0.5, 0.6) is 0 Å². The van der Waals surface area contributed by atoms with Gasteiger partial charge in [-0.2, -0.15) is 0 Å². The van der Waals surface area contributed by atoms with Crippen molar-refractivity contribution in [3.8, 4) is 0 Å². The molecule has 1 saturated carbocycles. The standard InChI is InChI=1S/C16H22N2O2/c1-2-18-9-11-5-3-7-14(13(11)10-18)17-16(20)12-6-4-8-15(12)19/h3,5,7,12,15,19H,2,4,6,8-10H2,1H3,(H,17,20). The molecule has 1 aliphatic heterocycles. The summed E-state index contributed by atoms with van der Waals surface area (Å²) in [7, 11) is 0. The molecule has 1 amide bonds. The molecular formula is C16H22N2O2. The van der Waals surface area contributed by atoms with Crippen LogP contribution in [-0.2, 0) is 17.9 Å². The molecular weight excluding hydrogens is 252 g/mol. The minimum atomic E-state index is -0.473. The van der Waals surface area contributed by atoms with Gasteiger partial charge in [0.05, 0.1) is 12.0 Å². The Morgan fingerprint density at radius 1 is 1.40 bits per heavy atom. The number of amides is 1. The first-order valence-corrected chi connectivity index (χ1v) is 7.51. The van der Waals surface area contributed by atoms with Crippen molar-refractivity contribution in [3.05, 3.63) is 29.3 Å². The number of carbonyl (C=O) groups is 1. The summed E-state index contributed by atoms with van der Waals surface area (Å²) in [5.41, 5.74) is 3.45. The lowest BCUT2D eigenvalue weighted by molar-refractivity contribution is -0.122. The van der Waals surface area contributed by atoms with Crippen molar-refractivity contribution in [2.45, 2.75) is 45.4 Å². The summed E-state index contributed by atoms with van der Waals surface area (Å²) in [6.45, 7) is 5.03. The van der Waals surface area contributed by atoms with Gasteiger partial charge in [0.25, 0.3) is 0 Å². The molecule has 1 aromatic carbocycles. The SMILES string of the molecule is CCN1Cc2cccc(NC(=O)C3CCCC3O)c2C1. The maximum atomic E-state index is 12.3. The van der Waals surface area contributed by atoms with Gasteiger partial charge in [-0.1, -0.05) is 19.1 Å². The molecule has 0 aromatic heterocycles. The number of hydrogen-bond donors (Lipinski definition) is 2. The quantitative estimate of drug-likeness (QED) is 0.887. The fraction of sp³-hybridized carbons (Fsp3) is 0.562. The summed E-state index contributed by atoms with van der Waals surface area (Å²) in [4.78, 5) is 14.6. The Morgan fingerprint density at radius 2 is 2.25 bits per heavy atom. The molecule has 2 aliphatic rings. The summed E-state index contributed by atoms with van der Waals surface area (Å²) in [5, 5.41) is 12.9. The van der Waals surface area contributed by atoms with Gasteiger partial charge in [-0.3, -0.25) is 9.69 Å². The molecule has 4 heteroatoms. The van der Waals surface area contributed by atoms with Crippen LogP contribution in [0.3, 0.4) is 0 Å². The van der Waals surface area contributed by atoms with Crippen molar-refractivity contribution < 1.29 is 9.90 Å². The van der Waals surface area contributed by atoms with Gasteiger partial charge in [0, 0.05) is 18.8 Å². The number of hydrogen-bond acceptors (Lipinski definition) is 3. The number of benzene rings is 1. The number of aliphatic hydroxyl groups is 1. The molecule has 3 rings (SSSR count). The van der Waals surface area contributed by atoms with Crippen molar-refractivity contribution in [2.75, 3.05) is 11.9 Å². The zero-order chi connectivity index (χ0) is 14.1. The average molecular weight is 274 g/mol. The van der Waals surface area contributed by atoms with Gasteiger partial charge in [-0.15, -0.1) is 0 Å². The highest BCUT2D eigenvalue weighted by molar-refractivity contribution is 5.94. The van der Waals surface area contributed by atoms with E-state index in [4.69, 9.17) is 0 Å². The molecule has 0 bridgehead atoms. The molecule has 2 N–H and O–H groups in total. The lowest BCUT2D eigenvalue weighted by atomic mass is 10.0. The van der Waals surface area contributed by atoms with Crippen molar-refractivity contribution >= 4 is 11.6 Å². The van der Waals surface area contributed by atoms with Crippen LogP contribution in [0.15, 0.2) is 18.2 Å². The van der Waals surface area contributed by atoms with E-state index in [0.717, 1.165) is 44.6 Å². The predicted octanol–water partition coefficient (Wildman–Crippen LogP) is 2.12. The Kier molecular flexibility index (Phi) is 3.76. The van der Waals surface area contributed by atoms with E-state index in [1.165, 1.54) is 11.1 Å². The Balaban J connectivity index is 1.76. The molecule has 108 valence electrons. The highest BCUT2D eigenvalue weighted by Gasteiger charge is 2.32. The molecule has 1 aromatic rings. The summed E-state index contributed by atoms with van der Waals surface area (Å²) in [6.07, 6.45) is 2.01. The zero-order valence-corrected chi connectivity index (χ0v) is 11.9. The molecule has 20 heavy (non-hydrogen) atoms. The van der Waals surface area contributed by atoms with Crippen LogP contribution < -0.4 is 5.32 Å². The molecule has 0 spiro atoms. The van der Waals surface area contributed by atoms with Crippen LogP contribution in [0.25, 0.3) is 0 Å². The molecule has 1 fully saturated rings.